The van der Waals surface area contributed by atoms with Crippen LogP contribution < -0.4 is 5.73 Å². The summed E-state index contributed by atoms with van der Waals surface area (Å²) >= 11 is 3.24. The maximum Gasteiger partial charge on any atom is 0.271 e. The Morgan fingerprint density at radius 2 is 2.18 bits per heavy atom. The van der Waals surface area contributed by atoms with E-state index in [1.54, 1.807) is 13.0 Å². The average Bonchev–Trinajstić information content (AvgIpc) is 2.59. The lowest BCUT2D eigenvalue weighted by Gasteiger charge is -2.01. The number of hydrogen-bond acceptors (Lipinski definition) is 4. The predicted molar refractivity (Wildman–Crippen MR) is 67.5 cm³/mol. The second-order valence-corrected chi connectivity index (χ2v) is 4.48. The molecule has 0 atom stereocenters. The minimum Gasteiger partial charge on any atom is -0.382 e. The van der Waals surface area contributed by atoms with Crippen molar-refractivity contribution in [2.24, 2.45) is 0 Å². The fourth-order valence-electron chi connectivity index (χ4n) is 1.52. The molecule has 0 saturated heterocycles. The highest BCUT2D eigenvalue weighted by molar-refractivity contribution is 9.10. The lowest BCUT2D eigenvalue weighted by Crippen LogP contribution is -1.90. The number of nitro groups is 1. The minimum absolute atomic E-state index is 0.0157. The van der Waals surface area contributed by atoms with Crippen molar-refractivity contribution in [2.75, 3.05) is 5.73 Å². The molecule has 1 heterocycles. The summed E-state index contributed by atoms with van der Waals surface area (Å²) in [4.78, 5) is 10.3. The Hall–Kier alpha value is -1.89. The summed E-state index contributed by atoms with van der Waals surface area (Å²) in [6.45, 7) is 1.81. The van der Waals surface area contributed by atoms with Crippen molar-refractivity contribution in [2.45, 2.75) is 6.92 Å². The van der Waals surface area contributed by atoms with Crippen LogP contribution in [0.25, 0.3) is 11.3 Å². The lowest BCUT2D eigenvalue weighted by atomic mass is 10.1. The van der Waals surface area contributed by atoms with Gasteiger partial charge in [0.15, 0.2) is 0 Å². The highest BCUT2D eigenvalue weighted by atomic mass is 79.9. The fourth-order valence-corrected chi connectivity index (χ4v) is 2.00. The number of aromatic amines is 1. The van der Waals surface area contributed by atoms with Crippen LogP contribution in [0.2, 0.25) is 0 Å². The Morgan fingerprint density at radius 1 is 1.47 bits per heavy atom. The Morgan fingerprint density at radius 3 is 2.71 bits per heavy atom. The van der Waals surface area contributed by atoms with E-state index in [-0.39, 0.29) is 5.69 Å². The van der Waals surface area contributed by atoms with Crippen LogP contribution in [0, 0.1) is 17.0 Å². The molecule has 2 rings (SSSR count). The van der Waals surface area contributed by atoms with Gasteiger partial charge in [-0.3, -0.25) is 15.2 Å². The standard InChI is InChI=1S/C10H9BrN4O2/c1-5-9(13-14-10(5)12)6-2-7(11)4-8(3-6)15(16)17/h2-4H,1H3,(H3,12,13,14). The first kappa shape index (κ1) is 11.6. The molecule has 6 nitrogen and oxygen atoms in total. The highest BCUT2D eigenvalue weighted by Gasteiger charge is 2.14. The van der Waals surface area contributed by atoms with Gasteiger partial charge >= 0.3 is 0 Å². The summed E-state index contributed by atoms with van der Waals surface area (Å²) < 4.78 is 0.634. The number of H-pyrrole nitrogens is 1. The number of nitrogens with zero attached hydrogens (tertiary/aromatic N) is 2. The third kappa shape index (κ3) is 2.14. The van der Waals surface area contributed by atoms with E-state index in [1.807, 2.05) is 0 Å². The van der Waals surface area contributed by atoms with Crippen molar-refractivity contribution in [1.29, 1.82) is 0 Å². The number of anilines is 1. The molecule has 0 bridgehead atoms. The van der Waals surface area contributed by atoms with E-state index in [0.29, 0.717) is 21.5 Å². The van der Waals surface area contributed by atoms with E-state index in [2.05, 4.69) is 26.1 Å². The minimum atomic E-state index is -0.441. The maximum atomic E-state index is 10.8. The van der Waals surface area contributed by atoms with Gasteiger partial charge in [0.05, 0.1) is 10.6 Å². The molecule has 0 amide bonds. The van der Waals surface area contributed by atoms with Crippen LogP contribution in [0.15, 0.2) is 22.7 Å². The lowest BCUT2D eigenvalue weighted by molar-refractivity contribution is -0.384. The molecule has 1 aromatic carbocycles. The third-order valence-corrected chi connectivity index (χ3v) is 2.89. The quantitative estimate of drug-likeness (QED) is 0.657. The van der Waals surface area contributed by atoms with Crippen LogP contribution in [0.4, 0.5) is 11.5 Å². The molecule has 0 aliphatic heterocycles. The Balaban J connectivity index is 2.60. The molecule has 2 aromatic rings. The van der Waals surface area contributed by atoms with E-state index in [4.69, 9.17) is 5.73 Å². The Bertz CT molecular complexity index is 594. The van der Waals surface area contributed by atoms with Gasteiger partial charge in [-0.05, 0) is 13.0 Å². The number of rotatable bonds is 2. The first-order valence-corrected chi connectivity index (χ1v) is 5.54. The number of nitrogen functional groups attached to an aromatic ring is 1. The van der Waals surface area contributed by atoms with Gasteiger partial charge in [-0.1, -0.05) is 15.9 Å². The Kier molecular flexibility index (Phi) is 2.84. The molecule has 88 valence electrons. The van der Waals surface area contributed by atoms with Crippen LogP contribution in [0.3, 0.4) is 0 Å². The van der Waals surface area contributed by atoms with E-state index in [1.165, 1.54) is 12.1 Å². The smallest absolute Gasteiger partial charge is 0.271 e. The van der Waals surface area contributed by atoms with E-state index >= 15 is 0 Å². The van der Waals surface area contributed by atoms with Crippen LogP contribution >= 0.6 is 15.9 Å². The highest BCUT2D eigenvalue weighted by Crippen LogP contribution is 2.30. The number of benzene rings is 1. The fraction of sp³-hybridized carbons (Fsp3) is 0.100. The summed E-state index contributed by atoms with van der Waals surface area (Å²) in [5, 5.41) is 17.4. The molecule has 0 aliphatic carbocycles. The van der Waals surface area contributed by atoms with Crippen LogP contribution in [-0.2, 0) is 0 Å². The second-order valence-electron chi connectivity index (χ2n) is 3.56. The zero-order valence-electron chi connectivity index (χ0n) is 8.90. The van der Waals surface area contributed by atoms with Crippen LogP contribution in [0.1, 0.15) is 5.56 Å². The summed E-state index contributed by atoms with van der Waals surface area (Å²) in [5.41, 5.74) is 7.78. The molecule has 0 aliphatic rings. The molecular formula is C10H9BrN4O2. The van der Waals surface area contributed by atoms with Crippen LogP contribution in [0.5, 0.6) is 0 Å². The molecule has 0 spiro atoms. The molecule has 3 N–H and O–H groups in total. The zero-order valence-corrected chi connectivity index (χ0v) is 10.5. The number of nitrogens with one attached hydrogen (secondary N) is 1. The van der Waals surface area contributed by atoms with Crippen molar-refractivity contribution in [3.8, 4) is 11.3 Å². The Labute approximate surface area is 105 Å². The van der Waals surface area contributed by atoms with Crippen molar-refractivity contribution in [3.63, 3.8) is 0 Å². The van der Waals surface area contributed by atoms with Crippen molar-refractivity contribution in [1.82, 2.24) is 10.2 Å². The SMILES string of the molecule is Cc1c(N)n[nH]c1-c1cc(Br)cc([N+](=O)[O-])c1. The monoisotopic (exact) mass is 296 g/mol. The van der Waals surface area contributed by atoms with Gasteiger partial charge in [-0.25, -0.2) is 0 Å². The third-order valence-electron chi connectivity index (χ3n) is 2.43. The van der Waals surface area contributed by atoms with Crippen molar-refractivity contribution in [3.05, 3.63) is 38.3 Å². The van der Waals surface area contributed by atoms with Crippen molar-refractivity contribution < 1.29 is 4.92 Å². The molecule has 17 heavy (non-hydrogen) atoms. The maximum absolute atomic E-state index is 10.8. The van der Waals surface area contributed by atoms with Gasteiger partial charge < -0.3 is 5.73 Å². The normalized spacial score (nSPS) is 10.5. The summed E-state index contributed by atoms with van der Waals surface area (Å²) in [6, 6.07) is 4.69. The molecule has 0 saturated carbocycles. The van der Waals surface area contributed by atoms with Gasteiger partial charge in [0.2, 0.25) is 0 Å². The molecule has 0 unspecified atom stereocenters. The van der Waals surface area contributed by atoms with Gasteiger partial charge in [0, 0.05) is 27.7 Å². The number of hydrogen-bond donors (Lipinski definition) is 2. The summed E-state index contributed by atoms with van der Waals surface area (Å²) in [7, 11) is 0. The molecule has 1 aromatic heterocycles. The molecule has 7 heteroatoms. The zero-order chi connectivity index (χ0) is 12.6. The van der Waals surface area contributed by atoms with Crippen molar-refractivity contribution >= 4 is 27.4 Å². The van der Waals surface area contributed by atoms with Gasteiger partial charge in [0.25, 0.3) is 5.69 Å². The summed E-state index contributed by atoms with van der Waals surface area (Å²) in [5.74, 6) is 0.391. The second kappa shape index (κ2) is 4.17. The van der Waals surface area contributed by atoms with E-state index in [9.17, 15) is 10.1 Å². The predicted octanol–water partition coefficient (Wildman–Crippen LogP) is 2.64. The molecular weight excluding hydrogens is 288 g/mol. The average molecular weight is 297 g/mol. The van der Waals surface area contributed by atoms with E-state index in [0.717, 1.165) is 5.56 Å². The summed E-state index contributed by atoms with van der Waals surface area (Å²) in [6.07, 6.45) is 0. The molecule has 0 fully saturated rings. The van der Waals surface area contributed by atoms with Gasteiger partial charge in [0.1, 0.15) is 5.82 Å². The number of halogens is 1. The van der Waals surface area contributed by atoms with Gasteiger partial charge in [-0.2, -0.15) is 5.10 Å². The number of aromatic nitrogens is 2. The first-order chi connectivity index (χ1) is 7.99. The van der Waals surface area contributed by atoms with Gasteiger partial charge in [-0.15, -0.1) is 0 Å². The number of nitro benzene ring substituents is 1. The first-order valence-electron chi connectivity index (χ1n) is 4.75. The number of non-ortho nitro benzene ring substituents is 1. The van der Waals surface area contributed by atoms with Crippen LogP contribution in [-0.4, -0.2) is 15.1 Å². The number of nitrogens with two attached hydrogens (primary N) is 1. The largest absolute Gasteiger partial charge is 0.382 e. The topological polar surface area (TPSA) is 97.8 Å². The van der Waals surface area contributed by atoms with E-state index < -0.39 is 4.92 Å². The molecule has 0 radical (unpaired) electrons.